The van der Waals surface area contributed by atoms with Crippen molar-refractivity contribution in [1.82, 2.24) is 4.98 Å². The lowest BCUT2D eigenvalue weighted by molar-refractivity contribution is 0.0661. The first kappa shape index (κ1) is 13.7. The Bertz CT molecular complexity index is 637. The summed E-state index contributed by atoms with van der Waals surface area (Å²) in [7, 11) is 0. The fraction of sp³-hybridized carbons (Fsp3) is 0.231. The molecule has 0 aliphatic heterocycles. The van der Waals surface area contributed by atoms with Gasteiger partial charge >= 0.3 is 5.97 Å². The Labute approximate surface area is 117 Å². The third kappa shape index (κ3) is 2.68. The molecule has 6 heteroatoms. The monoisotopic (exact) mass is 327 g/mol. The molecule has 0 spiro atoms. The van der Waals surface area contributed by atoms with Gasteiger partial charge in [0.2, 0.25) is 11.7 Å². The fourth-order valence-electron chi connectivity index (χ4n) is 1.63. The highest BCUT2D eigenvalue weighted by molar-refractivity contribution is 9.10. The van der Waals surface area contributed by atoms with Gasteiger partial charge in [0.25, 0.3) is 0 Å². The lowest BCUT2D eigenvalue weighted by Crippen LogP contribution is -2.01. The number of benzene rings is 1. The van der Waals surface area contributed by atoms with Crippen LogP contribution in [-0.2, 0) is 0 Å². The van der Waals surface area contributed by atoms with E-state index in [-0.39, 0.29) is 22.0 Å². The molecule has 0 unspecified atom stereocenters. The van der Waals surface area contributed by atoms with Crippen molar-refractivity contribution >= 4 is 21.9 Å². The Morgan fingerprint density at radius 3 is 2.63 bits per heavy atom. The van der Waals surface area contributed by atoms with Gasteiger partial charge in [-0.2, -0.15) is 0 Å². The van der Waals surface area contributed by atoms with Gasteiger partial charge in [0.05, 0.1) is 10.2 Å². The molecule has 0 amide bonds. The van der Waals surface area contributed by atoms with E-state index in [0.717, 1.165) is 0 Å². The van der Waals surface area contributed by atoms with Crippen LogP contribution in [0.4, 0.5) is 4.39 Å². The molecule has 1 heterocycles. The average molecular weight is 328 g/mol. The molecular weight excluding hydrogens is 317 g/mol. The number of aromatic carboxylic acids is 1. The first-order valence-corrected chi connectivity index (χ1v) is 6.39. The number of halogens is 2. The molecule has 1 aromatic carbocycles. The van der Waals surface area contributed by atoms with Crippen LogP contribution in [-0.4, -0.2) is 16.1 Å². The molecule has 1 N–H and O–H groups in total. The molecule has 2 rings (SSSR count). The van der Waals surface area contributed by atoms with Crippen molar-refractivity contribution in [2.75, 3.05) is 0 Å². The lowest BCUT2D eigenvalue weighted by Gasteiger charge is -1.98. The van der Waals surface area contributed by atoms with E-state index in [1.807, 2.05) is 13.8 Å². The van der Waals surface area contributed by atoms with Gasteiger partial charge in [-0.25, -0.2) is 14.2 Å². The fourth-order valence-corrected chi connectivity index (χ4v) is 2.01. The predicted molar refractivity (Wildman–Crippen MR) is 70.6 cm³/mol. The number of oxazole rings is 1. The number of hydrogen-bond donors (Lipinski definition) is 1. The number of carboxylic acids is 1. The molecule has 0 radical (unpaired) electrons. The minimum absolute atomic E-state index is 0.0764. The van der Waals surface area contributed by atoms with Crippen LogP contribution in [0.5, 0.6) is 0 Å². The first-order valence-electron chi connectivity index (χ1n) is 5.59. The van der Waals surface area contributed by atoms with E-state index in [4.69, 9.17) is 9.52 Å². The molecule has 1 aromatic heterocycles. The summed E-state index contributed by atoms with van der Waals surface area (Å²) in [6.45, 7) is 3.66. The Balaban J connectivity index is 2.54. The second-order valence-corrected chi connectivity index (χ2v) is 5.18. The number of aromatic nitrogens is 1. The summed E-state index contributed by atoms with van der Waals surface area (Å²) in [5.74, 6) is -1.65. The Morgan fingerprint density at radius 1 is 1.47 bits per heavy atom. The summed E-state index contributed by atoms with van der Waals surface area (Å²) in [5, 5.41) is 9.07. The van der Waals surface area contributed by atoms with Gasteiger partial charge in [-0.1, -0.05) is 13.8 Å². The number of carbonyl (C=O) groups is 1. The van der Waals surface area contributed by atoms with Crippen LogP contribution in [0.1, 0.15) is 36.0 Å². The van der Waals surface area contributed by atoms with Gasteiger partial charge in [-0.05, 0) is 40.0 Å². The van der Waals surface area contributed by atoms with Crippen molar-refractivity contribution in [1.29, 1.82) is 0 Å². The third-order valence-electron chi connectivity index (χ3n) is 2.56. The highest BCUT2D eigenvalue weighted by Crippen LogP contribution is 2.29. The van der Waals surface area contributed by atoms with Gasteiger partial charge in [-0.3, -0.25) is 0 Å². The maximum absolute atomic E-state index is 13.2. The van der Waals surface area contributed by atoms with Crippen LogP contribution >= 0.6 is 15.9 Å². The Hall–Kier alpha value is -1.69. The van der Waals surface area contributed by atoms with Crippen LogP contribution in [0.15, 0.2) is 27.1 Å². The standard InChI is InChI=1S/C13H11BrFNO3/c1-6(2)10-11(13(17)18)19-12(16-10)7-3-4-9(15)8(14)5-7/h3-6H,1-2H3,(H,17,18). The molecular formula is C13H11BrFNO3. The minimum atomic E-state index is -1.16. The van der Waals surface area contributed by atoms with E-state index in [9.17, 15) is 9.18 Å². The van der Waals surface area contributed by atoms with E-state index in [1.54, 1.807) is 0 Å². The van der Waals surface area contributed by atoms with Crippen molar-refractivity contribution < 1.29 is 18.7 Å². The maximum atomic E-state index is 13.2. The predicted octanol–water partition coefficient (Wildman–Crippen LogP) is 4.06. The summed E-state index contributed by atoms with van der Waals surface area (Å²) >= 11 is 3.07. The second-order valence-electron chi connectivity index (χ2n) is 4.32. The normalized spacial score (nSPS) is 11.0. The molecule has 0 bridgehead atoms. The van der Waals surface area contributed by atoms with E-state index in [1.165, 1.54) is 18.2 Å². The van der Waals surface area contributed by atoms with E-state index < -0.39 is 11.8 Å². The number of carboxylic acid groups (broad SMARTS) is 1. The van der Waals surface area contributed by atoms with Crippen molar-refractivity contribution in [2.45, 2.75) is 19.8 Å². The van der Waals surface area contributed by atoms with Crippen molar-refractivity contribution in [3.8, 4) is 11.5 Å². The number of nitrogens with zero attached hydrogens (tertiary/aromatic N) is 1. The quantitative estimate of drug-likeness (QED) is 0.923. The van der Waals surface area contributed by atoms with E-state index in [0.29, 0.717) is 11.3 Å². The Morgan fingerprint density at radius 2 is 2.16 bits per heavy atom. The third-order valence-corrected chi connectivity index (χ3v) is 3.17. The molecule has 4 nitrogen and oxygen atoms in total. The molecule has 0 saturated carbocycles. The van der Waals surface area contributed by atoms with Crippen LogP contribution < -0.4 is 0 Å². The summed E-state index contributed by atoms with van der Waals surface area (Å²) in [4.78, 5) is 15.3. The molecule has 0 atom stereocenters. The first-order chi connectivity index (χ1) is 8.90. The topological polar surface area (TPSA) is 63.3 Å². The zero-order valence-electron chi connectivity index (χ0n) is 10.3. The molecule has 0 saturated heterocycles. The molecule has 19 heavy (non-hydrogen) atoms. The van der Waals surface area contributed by atoms with Gasteiger partial charge in [-0.15, -0.1) is 0 Å². The van der Waals surface area contributed by atoms with Crippen molar-refractivity contribution in [3.05, 3.63) is 39.9 Å². The van der Waals surface area contributed by atoms with Gasteiger partial charge in [0.1, 0.15) is 5.82 Å². The van der Waals surface area contributed by atoms with Crippen molar-refractivity contribution in [2.24, 2.45) is 0 Å². The maximum Gasteiger partial charge on any atom is 0.373 e. The highest BCUT2D eigenvalue weighted by atomic mass is 79.9. The van der Waals surface area contributed by atoms with Crippen LogP contribution in [0, 0.1) is 5.82 Å². The lowest BCUT2D eigenvalue weighted by atomic mass is 10.1. The molecule has 0 aliphatic carbocycles. The van der Waals surface area contributed by atoms with E-state index >= 15 is 0 Å². The average Bonchev–Trinajstić information content (AvgIpc) is 2.78. The summed E-state index contributed by atoms with van der Waals surface area (Å²) in [6, 6.07) is 4.25. The zero-order valence-corrected chi connectivity index (χ0v) is 11.9. The molecule has 0 fully saturated rings. The Kier molecular flexibility index (Phi) is 3.71. The van der Waals surface area contributed by atoms with Gasteiger partial charge in [0.15, 0.2) is 0 Å². The van der Waals surface area contributed by atoms with E-state index in [2.05, 4.69) is 20.9 Å². The smallest absolute Gasteiger partial charge is 0.373 e. The highest BCUT2D eigenvalue weighted by Gasteiger charge is 2.22. The van der Waals surface area contributed by atoms with Crippen molar-refractivity contribution in [3.63, 3.8) is 0 Å². The number of hydrogen-bond acceptors (Lipinski definition) is 3. The minimum Gasteiger partial charge on any atom is -0.475 e. The summed E-state index contributed by atoms with van der Waals surface area (Å²) in [5.41, 5.74) is 0.894. The van der Waals surface area contributed by atoms with Crippen LogP contribution in [0.2, 0.25) is 0 Å². The van der Waals surface area contributed by atoms with Crippen LogP contribution in [0.25, 0.3) is 11.5 Å². The largest absolute Gasteiger partial charge is 0.475 e. The molecule has 0 aliphatic rings. The summed E-state index contributed by atoms with van der Waals surface area (Å²) in [6.07, 6.45) is 0. The summed E-state index contributed by atoms with van der Waals surface area (Å²) < 4.78 is 18.7. The SMILES string of the molecule is CC(C)c1nc(-c2ccc(F)c(Br)c2)oc1C(=O)O. The van der Waals surface area contributed by atoms with Gasteiger partial charge < -0.3 is 9.52 Å². The molecule has 100 valence electrons. The van der Waals surface area contributed by atoms with Gasteiger partial charge in [0, 0.05) is 5.56 Å². The number of rotatable bonds is 3. The zero-order chi connectivity index (χ0) is 14.2. The van der Waals surface area contributed by atoms with Crippen LogP contribution in [0.3, 0.4) is 0 Å². The molecule has 2 aromatic rings. The second kappa shape index (κ2) is 5.13.